The summed E-state index contributed by atoms with van der Waals surface area (Å²) in [4.78, 5) is 0. The second kappa shape index (κ2) is 6.86. The summed E-state index contributed by atoms with van der Waals surface area (Å²) in [6, 6.07) is 10.2. The maximum absolute atomic E-state index is 8.37. The molecule has 1 unspecified atom stereocenters. The summed E-state index contributed by atoms with van der Waals surface area (Å²) in [7, 11) is 0. The van der Waals surface area contributed by atoms with Crippen molar-refractivity contribution >= 4 is 0 Å². The van der Waals surface area contributed by atoms with E-state index < -0.39 is 0 Å². The van der Waals surface area contributed by atoms with Crippen LogP contribution in [0.5, 0.6) is 5.75 Å². The lowest BCUT2D eigenvalue weighted by molar-refractivity contribution is 0.312. The van der Waals surface area contributed by atoms with Gasteiger partial charge in [0.1, 0.15) is 5.75 Å². The molecule has 16 heavy (non-hydrogen) atoms. The lowest BCUT2D eigenvalue weighted by Gasteiger charge is -2.07. The highest BCUT2D eigenvalue weighted by molar-refractivity contribution is 5.27. The van der Waals surface area contributed by atoms with E-state index in [0.29, 0.717) is 13.0 Å². The summed E-state index contributed by atoms with van der Waals surface area (Å²) < 4.78 is 5.49. The molecule has 1 atom stereocenters. The Morgan fingerprint density at radius 1 is 1.38 bits per heavy atom. The number of hydrogen-bond acceptors (Lipinski definition) is 3. The molecule has 3 heteroatoms. The second-order valence-electron chi connectivity index (χ2n) is 3.94. The van der Waals surface area contributed by atoms with E-state index in [1.54, 1.807) is 0 Å². The Labute approximate surface area is 96.8 Å². The van der Waals surface area contributed by atoms with E-state index >= 15 is 0 Å². The molecule has 2 N–H and O–H groups in total. The quantitative estimate of drug-likeness (QED) is 0.745. The van der Waals surface area contributed by atoms with Crippen LogP contribution < -0.4 is 10.5 Å². The Kier molecular flexibility index (Phi) is 5.38. The molecule has 1 rings (SSSR count). The van der Waals surface area contributed by atoms with Crippen molar-refractivity contribution in [3.05, 3.63) is 29.8 Å². The first-order chi connectivity index (χ1) is 7.72. The Balaban J connectivity index is 2.37. The van der Waals surface area contributed by atoms with Gasteiger partial charge >= 0.3 is 0 Å². The van der Waals surface area contributed by atoms with Crippen LogP contribution in [0.15, 0.2) is 24.3 Å². The highest BCUT2D eigenvalue weighted by Crippen LogP contribution is 2.13. The smallest absolute Gasteiger partial charge is 0.119 e. The van der Waals surface area contributed by atoms with Crippen molar-refractivity contribution in [2.45, 2.75) is 32.2 Å². The van der Waals surface area contributed by atoms with Gasteiger partial charge in [-0.1, -0.05) is 12.1 Å². The third-order valence-corrected chi connectivity index (χ3v) is 2.18. The molecule has 0 bridgehead atoms. The van der Waals surface area contributed by atoms with Crippen LogP contribution in [0, 0.1) is 11.3 Å². The van der Waals surface area contributed by atoms with E-state index in [-0.39, 0.29) is 6.04 Å². The molecule has 0 fully saturated rings. The molecule has 0 aliphatic heterocycles. The van der Waals surface area contributed by atoms with Crippen LogP contribution in [0.4, 0.5) is 0 Å². The molecule has 0 heterocycles. The first kappa shape index (κ1) is 12.5. The lowest BCUT2D eigenvalue weighted by atomic mass is 10.1. The molecule has 86 valence electrons. The number of rotatable bonds is 6. The van der Waals surface area contributed by atoms with Gasteiger partial charge in [0, 0.05) is 12.5 Å². The summed E-state index contributed by atoms with van der Waals surface area (Å²) in [5.41, 5.74) is 6.94. The third kappa shape index (κ3) is 4.81. The maximum Gasteiger partial charge on any atom is 0.119 e. The van der Waals surface area contributed by atoms with Gasteiger partial charge in [0.25, 0.3) is 0 Å². The van der Waals surface area contributed by atoms with Gasteiger partial charge in [-0.15, -0.1) is 0 Å². The zero-order valence-electron chi connectivity index (χ0n) is 9.65. The molecule has 0 saturated carbocycles. The van der Waals surface area contributed by atoms with E-state index in [1.165, 1.54) is 5.56 Å². The maximum atomic E-state index is 8.37. The van der Waals surface area contributed by atoms with E-state index in [2.05, 4.69) is 6.07 Å². The van der Waals surface area contributed by atoms with Crippen LogP contribution in [-0.4, -0.2) is 12.6 Å². The van der Waals surface area contributed by atoms with Crippen LogP contribution in [0.25, 0.3) is 0 Å². The number of benzene rings is 1. The fourth-order valence-electron chi connectivity index (χ4n) is 1.43. The predicted molar refractivity (Wildman–Crippen MR) is 64.1 cm³/mol. The summed E-state index contributed by atoms with van der Waals surface area (Å²) in [6.45, 7) is 2.59. The molecule has 3 nitrogen and oxygen atoms in total. The minimum absolute atomic E-state index is 0.183. The van der Waals surface area contributed by atoms with E-state index in [1.807, 2.05) is 31.2 Å². The molecule has 0 aliphatic carbocycles. The predicted octanol–water partition coefficient (Wildman–Crippen LogP) is 2.26. The summed E-state index contributed by atoms with van der Waals surface area (Å²) in [5.74, 6) is 0.853. The van der Waals surface area contributed by atoms with Crippen LogP contribution in [-0.2, 0) is 6.42 Å². The molecular weight excluding hydrogens is 200 g/mol. The van der Waals surface area contributed by atoms with Crippen molar-refractivity contribution in [3.8, 4) is 11.8 Å². The summed E-state index contributed by atoms with van der Waals surface area (Å²) in [5, 5.41) is 8.37. The van der Waals surface area contributed by atoms with Crippen LogP contribution >= 0.6 is 0 Å². The van der Waals surface area contributed by atoms with E-state index in [0.717, 1.165) is 18.6 Å². The van der Waals surface area contributed by atoms with Gasteiger partial charge in [-0.2, -0.15) is 5.26 Å². The van der Waals surface area contributed by atoms with Gasteiger partial charge < -0.3 is 10.5 Å². The zero-order valence-corrected chi connectivity index (χ0v) is 9.65. The zero-order chi connectivity index (χ0) is 11.8. The van der Waals surface area contributed by atoms with Gasteiger partial charge in [-0.3, -0.25) is 0 Å². The van der Waals surface area contributed by atoms with Crippen LogP contribution in [0.3, 0.4) is 0 Å². The topological polar surface area (TPSA) is 59.0 Å². The van der Waals surface area contributed by atoms with Gasteiger partial charge in [0.15, 0.2) is 0 Å². The number of hydrogen-bond donors (Lipinski definition) is 1. The first-order valence-electron chi connectivity index (χ1n) is 5.56. The van der Waals surface area contributed by atoms with Gasteiger partial charge in [0.2, 0.25) is 0 Å². The second-order valence-corrected chi connectivity index (χ2v) is 3.94. The summed E-state index contributed by atoms with van der Waals surface area (Å²) >= 11 is 0. The molecular formula is C13H18N2O. The Morgan fingerprint density at radius 3 is 2.62 bits per heavy atom. The molecule has 0 spiro atoms. The lowest BCUT2D eigenvalue weighted by Crippen LogP contribution is -2.17. The molecule has 0 aromatic heterocycles. The number of nitrogens with zero attached hydrogens (tertiary/aromatic N) is 1. The van der Waals surface area contributed by atoms with E-state index in [4.69, 9.17) is 15.7 Å². The highest BCUT2D eigenvalue weighted by atomic mass is 16.5. The Bertz CT molecular complexity index is 338. The fraction of sp³-hybridized carbons (Fsp3) is 0.462. The third-order valence-electron chi connectivity index (χ3n) is 2.18. The van der Waals surface area contributed by atoms with Crippen molar-refractivity contribution in [2.75, 3.05) is 6.61 Å². The number of unbranched alkanes of at least 4 members (excludes halogenated alkanes) is 1. The van der Waals surface area contributed by atoms with Gasteiger partial charge in [-0.25, -0.2) is 0 Å². The molecule has 0 radical (unpaired) electrons. The molecule has 0 amide bonds. The van der Waals surface area contributed by atoms with Crippen molar-refractivity contribution in [1.29, 1.82) is 5.26 Å². The Morgan fingerprint density at radius 2 is 2.06 bits per heavy atom. The number of nitrogens with two attached hydrogens (primary N) is 1. The normalized spacial score (nSPS) is 11.8. The molecule has 1 aromatic carbocycles. The van der Waals surface area contributed by atoms with E-state index in [9.17, 15) is 0 Å². The van der Waals surface area contributed by atoms with Crippen LogP contribution in [0.2, 0.25) is 0 Å². The van der Waals surface area contributed by atoms with Crippen molar-refractivity contribution in [1.82, 2.24) is 0 Å². The SMILES string of the molecule is CC(N)Cc1ccc(OCCCC#N)cc1. The molecule has 1 aromatic rings. The minimum atomic E-state index is 0.183. The number of nitriles is 1. The largest absolute Gasteiger partial charge is 0.494 e. The Hall–Kier alpha value is -1.53. The van der Waals surface area contributed by atoms with Gasteiger partial charge in [-0.05, 0) is 37.5 Å². The summed E-state index contributed by atoms with van der Waals surface area (Å²) in [6.07, 6.45) is 2.20. The minimum Gasteiger partial charge on any atom is -0.494 e. The average Bonchev–Trinajstić information content (AvgIpc) is 2.26. The first-order valence-corrected chi connectivity index (χ1v) is 5.56. The van der Waals surface area contributed by atoms with Crippen molar-refractivity contribution in [3.63, 3.8) is 0 Å². The standard InChI is InChI=1S/C13H18N2O/c1-11(15)10-12-4-6-13(7-5-12)16-9-3-2-8-14/h4-7,11H,2-3,9-10,15H2,1H3. The highest BCUT2D eigenvalue weighted by Gasteiger charge is 1.98. The van der Waals surface area contributed by atoms with Crippen molar-refractivity contribution < 1.29 is 4.74 Å². The number of ether oxygens (including phenoxy) is 1. The van der Waals surface area contributed by atoms with Crippen molar-refractivity contribution in [2.24, 2.45) is 5.73 Å². The van der Waals surface area contributed by atoms with Gasteiger partial charge in [0.05, 0.1) is 12.7 Å². The fourth-order valence-corrected chi connectivity index (χ4v) is 1.43. The average molecular weight is 218 g/mol. The molecule has 0 saturated heterocycles. The monoisotopic (exact) mass is 218 g/mol. The van der Waals surface area contributed by atoms with Crippen LogP contribution in [0.1, 0.15) is 25.3 Å². The molecule has 0 aliphatic rings.